The highest BCUT2D eigenvalue weighted by Gasteiger charge is 2.30. The molecule has 0 aliphatic heterocycles. The minimum atomic E-state index is -3.70. The Morgan fingerprint density at radius 2 is 2.10 bits per heavy atom. The van der Waals surface area contributed by atoms with Gasteiger partial charge in [-0.2, -0.15) is 0 Å². The molecule has 0 spiro atoms. The lowest BCUT2D eigenvalue weighted by molar-refractivity contribution is 0.0605. The van der Waals surface area contributed by atoms with Crippen molar-refractivity contribution in [3.05, 3.63) is 59.1 Å². The number of ether oxygens (including phenoxy) is 1. The molecule has 0 radical (unpaired) electrons. The third kappa shape index (κ3) is 2.41. The monoisotopic (exact) mass is 311 g/mol. The second kappa shape index (κ2) is 5.64. The van der Waals surface area contributed by atoms with Crippen LogP contribution >= 0.6 is 11.3 Å². The molecule has 1 unspecified atom stereocenters. The molecule has 106 valence electrons. The summed E-state index contributed by atoms with van der Waals surface area (Å²) in [5, 5.41) is 0.652. The summed E-state index contributed by atoms with van der Waals surface area (Å²) in [6.07, 6.45) is 4.19. The molecule has 0 aliphatic rings. The van der Waals surface area contributed by atoms with Crippen molar-refractivity contribution in [3.8, 4) is 0 Å². The van der Waals surface area contributed by atoms with Gasteiger partial charge in [-0.25, -0.2) is 13.2 Å². The quantitative estimate of drug-likeness (QED) is 0.628. The van der Waals surface area contributed by atoms with Crippen molar-refractivity contribution in [2.45, 2.75) is 5.25 Å². The first-order chi connectivity index (χ1) is 9.52. The molecule has 7 heteroatoms. The van der Waals surface area contributed by atoms with Crippen molar-refractivity contribution in [1.29, 1.82) is 0 Å². The van der Waals surface area contributed by atoms with Gasteiger partial charge >= 0.3 is 5.97 Å². The second-order valence-electron chi connectivity index (χ2n) is 3.91. The van der Waals surface area contributed by atoms with Gasteiger partial charge in [-0.15, -0.1) is 17.9 Å². The van der Waals surface area contributed by atoms with E-state index in [1.807, 2.05) is 0 Å². The summed E-state index contributed by atoms with van der Waals surface area (Å²) < 4.78 is 30.8. The first kappa shape index (κ1) is 14.5. The predicted octanol–water partition coefficient (Wildman–Crippen LogP) is 2.44. The standard InChI is InChI=1S/C13H13NO4S2/c1-3-11(20(16,17)14-7-4-5-8-14)10-6-9-19-12(10)13(15)18-2/h3-9,11H,1H2,2H3. The maximum atomic E-state index is 12.5. The van der Waals surface area contributed by atoms with Crippen LogP contribution in [0.4, 0.5) is 0 Å². The topological polar surface area (TPSA) is 65.4 Å². The van der Waals surface area contributed by atoms with E-state index in [4.69, 9.17) is 0 Å². The van der Waals surface area contributed by atoms with Gasteiger partial charge < -0.3 is 4.74 Å². The predicted molar refractivity (Wildman–Crippen MR) is 77.3 cm³/mol. The molecular formula is C13H13NO4S2. The maximum absolute atomic E-state index is 12.5. The van der Waals surface area contributed by atoms with Crippen LogP contribution in [0.5, 0.6) is 0 Å². The molecule has 2 aromatic rings. The first-order valence-corrected chi connectivity index (χ1v) is 8.06. The SMILES string of the molecule is C=CC(c1ccsc1C(=O)OC)S(=O)(=O)n1cccc1. The Labute approximate surface area is 121 Å². The van der Waals surface area contributed by atoms with Gasteiger partial charge in [0.1, 0.15) is 10.1 Å². The molecule has 0 saturated carbocycles. The maximum Gasteiger partial charge on any atom is 0.348 e. The molecule has 0 amide bonds. The Bertz CT molecular complexity index is 713. The van der Waals surface area contributed by atoms with Crippen molar-refractivity contribution < 1.29 is 17.9 Å². The van der Waals surface area contributed by atoms with Crippen molar-refractivity contribution in [2.75, 3.05) is 7.11 Å². The molecular weight excluding hydrogens is 298 g/mol. The van der Waals surface area contributed by atoms with E-state index < -0.39 is 21.2 Å². The number of carbonyl (C=O) groups is 1. The molecule has 2 heterocycles. The molecule has 0 saturated heterocycles. The average molecular weight is 311 g/mol. The van der Waals surface area contributed by atoms with Crippen molar-refractivity contribution >= 4 is 27.3 Å². The van der Waals surface area contributed by atoms with Crippen LogP contribution < -0.4 is 0 Å². The molecule has 2 rings (SSSR count). The van der Waals surface area contributed by atoms with Gasteiger partial charge in [0.2, 0.25) is 10.0 Å². The number of carbonyl (C=O) groups excluding carboxylic acids is 1. The Morgan fingerprint density at radius 1 is 1.45 bits per heavy atom. The van der Waals surface area contributed by atoms with E-state index in [0.29, 0.717) is 5.56 Å². The molecule has 2 aromatic heterocycles. The van der Waals surface area contributed by atoms with Crippen LogP contribution in [0.3, 0.4) is 0 Å². The summed E-state index contributed by atoms with van der Waals surface area (Å²) in [5.41, 5.74) is 0.380. The number of aromatic nitrogens is 1. The molecule has 0 aliphatic carbocycles. The highest BCUT2D eigenvalue weighted by molar-refractivity contribution is 7.90. The zero-order valence-corrected chi connectivity index (χ0v) is 12.4. The summed E-state index contributed by atoms with van der Waals surface area (Å²) in [5.74, 6) is -0.551. The van der Waals surface area contributed by atoms with Crippen LogP contribution in [0.15, 0.2) is 48.6 Å². The lowest BCUT2D eigenvalue weighted by atomic mass is 10.2. The summed E-state index contributed by atoms with van der Waals surface area (Å²) >= 11 is 1.14. The molecule has 0 aromatic carbocycles. The van der Waals surface area contributed by atoms with Crippen LogP contribution in [0, 0.1) is 0 Å². The van der Waals surface area contributed by atoms with E-state index in [1.165, 1.54) is 25.6 Å². The zero-order chi connectivity index (χ0) is 14.8. The van der Waals surface area contributed by atoms with E-state index in [2.05, 4.69) is 11.3 Å². The lowest BCUT2D eigenvalue weighted by Gasteiger charge is -2.15. The Kier molecular flexibility index (Phi) is 4.10. The largest absolute Gasteiger partial charge is 0.465 e. The lowest BCUT2D eigenvalue weighted by Crippen LogP contribution is -2.19. The van der Waals surface area contributed by atoms with E-state index in [9.17, 15) is 13.2 Å². The number of rotatable bonds is 5. The third-order valence-electron chi connectivity index (χ3n) is 2.78. The molecule has 0 fully saturated rings. The normalized spacial score (nSPS) is 12.8. The Balaban J connectivity index is 2.52. The van der Waals surface area contributed by atoms with Crippen LogP contribution in [-0.2, 0) is 14.8 Å². The summed E-state index contributed by atoms with van der Waals surface area (Å²) in [6.45, 7) is 3.58. The smallest absolute Gasteiger partial charge is 0.348 e. The van der Waals surface area contributed by atoms with Gasteiger partial charge in [-0.3, -0.25) is 3.97 Å². The van der Waals surface area contributed by atoms with Gasteiger partial charge in [0, 0.05) is 18.0 Å². The van der Waals surface area contributed by atoms with E-state index in [0.717, 1.165) is 15.3 Å². The zero-order valence-electron chi connectivity index (χ0n) is 10.7. The fourth-order valence-corrected chi connectivity index (χ4v) is 4.27. The Hall–Kier alpha value is -1.86. The van der Waals surface area contributed by atoms with Crippen molar-refractivity contribution in [1.82, 2.24) is 3.97 Å². The van der Waals surface area contributed by atoms with E-state index in [1.54, 1.807) is 23.6 Å². The number of methoxy groups -OCH3 is 1. The number of nitrogens with zero attached hydrogens (tertiary/aromatic N) is 1. The van der Waals surface area contributed by atoms with Gasteiger partial charge in [-0.1, -0.05) is 6.08 Å². The van der Waals surface area contributed by atoms with Crippen molar-refractivity contribution in [2.24, 2.45) is 0 Å². The van der Waals surface area contributed by atoms with Crippen LogP contribution in [0.25, 0.3) is 0 Å². The number of hydrogen-bond donors (Lipinski definition) is 0. The summed E-state index contributed by atoms with van der Waals surface area (Å²) in [4.78, 5) is 12.0. The minimum absolute atomic E-state index is 0.271. The van der Waals surface area contributed by atoms with Gasteiger partial charge in [0.25, 0.3) is 0 Å². The molecule has 5 nitrogen and oxygen atoms in total. The van der Waals surface area contributed by atoms with Crippen molar-refractivity contribution in [3.63, 3.8) is 0 Å². The van der Waals surface area contributed by atoms with Gasteiger partial charge in [-0.05, 0) is 23.6 Å². The van der Waals surface area contributed by atoms with Crippen LogP contribution in [-0.4, -0.2) is 25.5 Å². The molecule has 20 heavy (non-hydrogen) atoms. The highest BCUT2D eigenvalue weighted by atomic mass is 32.2. The van der Waals surface area contributed by atoms with Crippen LogP contribution in [0.1, 0.15) is 20.5 Å². The molecule has 1 atom stereocenters. The molecule has 0 bridgehead atoms. The molecule has 0 N–H and O–H groups in total. The number of hydrogen-bond acceptors (Lipinski definition) is 5. The van der Waals surface area contributed by atoms with Gasteiger partial charge in [0.05, 0.1) is 7.11 Å². The fourth-order valence-electron chi connectivity index (χ4n) is 1.83. The van der Waals surface area contributed by atoms with Gasteiger partial charge in [0.15, 0.2) is 0 Å². The Morgan fingerprint density at radius 3 is 2.65 bits per heavy atom. The highest BCUT2D eigenvalue weighted by Crippen LogP contribution is 2.31. The summed E-state index contributed by atoms with van der Waals surface area (Å²) in [6, 6.07) is 4.84. The number of esters is 1. The van der Waals surface area contributed by atoms with Crippen LogP contribution in [0.2, 0.25) is 0 Å². The minimum Gasteiger partial charge on any atom is -0.465 e. The number of thiophene rings is 1. The second-order valence-corrected chi connectivity index (χ2v) is 6.79. The first-order valence-electron chi connectivity index (χ1n) is 5.68. The third-order valence-corrected chi connectivity index (χ3v) is 5.61. The van der Waals surface area contributed by atoms with E-state index in [-0.39, 0.29) is 4.88 Å². The summed E-state index contributed by atoms with van der Waals surface area (Å²) in [7, 11) is -2.44. The van der Waals surface area contributed by atoms with E-state index >= 15 is 0 Å². The average Bonchev–Trinajstić information content (AvgIpc) is 3.09. The fraction of sp³-hybridized carbons (Fsp3) is 0.154.